The Morgan fingerprint density at radius 2 is 1.09 bits per heavy atom. The van der Waals surface area contributed by atoms with Crippen LogP contribution in [0.3, 0.4) is 0 Å². The van der Waals surface area contributed by atoms with Gasteiger partial charge in [-0.05, 0) is 73.1 Å². The second kappa shape index (κ2) is 11.7. The molecule has 0 radical (unpaired) electrons. The van der Waals surface area contributed by atoms with E-state index in [1.165, 1.54) is 5.39 Å². The molecule has 0 aliphatic carbocycles. The van der Waals surface area contributed by atoms with Crippen LogP contribution in [0.25, 0.3) is 110 Å². The number of fused-ring (bicyclic) bond motifs is 9. The predicted octanol–water partition coefficient (Wildman–Crippen LogP) is 12.4. The predicted molar refractivity (Wildman–Crippen MR) is 217 cm³/mol. The molecule has 0 atom stereocenters. The molecule has 0 saturated carbocycles. The molecule has 0 fully saturated rings. The number of hydrogen-bond donors (Lipinski definition) is 0. The molecular formula is C48H28N4O. The van der Waals surface area contributed by atoms with Crippen LogP contribution >= 0.6 is 0 Å². The van der Waals surface area contributed by atoms with E-state index in [4.69, 9.17) is 19.4 Å². The van der Waals surface area contributed by atoms with Crippen molar-refractivity contribution >= 4 is 65.0 Å². The molecule has 0 bridgehead atoms. The van der Waals surface area contributed by atoms with Gasteiger partial charge in [0.25, 0.3) is 0 Å². The molecule has 5 heteroatoms. The molecule has 5 nitrogen and oxygen atoms in total. The summed E-state index contributed by atoms with van der Waals surface area (Å²) < 4.78 is 6.61. The van der Waals surface area contributed by atoms with E-state index in [0.29, 0.717) is 17.5 Å². The van der Waals surface area contributed by atoms with Gasteiger partial charge in [-0.1, -0.05) is 133 Å². The van der Waals surface area contributed by atoms with Crippen molar-refractivity contribution in [2.75, 3.05) is 0 Å². The number of rotatable bonds is 4. The minimum atomic E-state index is 0.609. The van der Waals surface area contributed by atoms with E-state index in [9.17, 15) is 0 Å². The zero-order valence-electron chi connectivity index (χ0n) is 28.4. The second-order valence-electron chi connectivity index (χ2n) is 13.4. The van der Waals surface area contributed by atoms with Crippen molar-refractivity contribution in [2.24, 2.45) is 0 Å². The fraction of sp³-hybridized carbons (Fsp3) is 0. The van der Waals surface area contributed by atoms with Gasteiger partial charge in [0.2, 0.25) is 0 Å². The molecule has 0 saturated heterocycles. The van der Waals surface area contributed by atoms with Crippen LogP contribution in [-0.4, -0.2) is 19.9 Å². The fourth-order valence-corrected chi connectivity index (χ4v) is 7.97. The Morgan fingerprint density at radius 1 is 0.396 bits per heavy atom. The van der Waals surface area contributed by atoms with E-state index in [2.05, 4.69) is 132 Å². The lowest BCUT2D eigenvalue weighted by Crippen LogP contribution is -2.02. The normalized spacial score (nSPS) is 11.8. The zero-order chi connectivity index (χ0) is 34.9. The van der Waals surface area contributed by atoms with Crippen molar-refractivity contribution in [1.29, 1.82) is 0 Å². The number of pyridine rings is 1. The lowest BCUT2D eigenvalue weighted by Gasteiger charge is -2.16. The van der Waals surface area contributed by atoms with Gasteiger partial charge in [0.05, 0.1) is 0 Å². The Labute approximate surface area is 303 Å². The van der Waals surface area contributed by atoms with Crippen molar-refractivity contribution in [3.05, 3.63) is 170 Å². The van der Waals surface area contributed by atoms with Crippen LogP contribution in [0.5, 0.6) is 0 Å². The zero-order valence-corrected chi connectivity index (χ0v) is 28.4. The molecule has 53 heavy (non-hydrogen) atoms. The van der Waals surface area contributed by atoms with Gasteiger partial charge in [0, 0.05) is 45.2 Å². The molecule has 8 aromatic carbocycles. The van der Waals surface area contributed by atoms with Crippen LogP contribution in [0, 0.1) is 0 Å². The molecule has 3 heterocycles. The van der Waals surface area contributed by atoms with Crippen LogP contribution in [0.1, 0.15) is 0 Å². The highest BCUT2D eigenvalue weighted by molar-refractivity contribution is 6.20. The lowest BCUT2D eigenvalue weighted by atomic mass is 9.91. The minimum Gasteiger partial charge on any atom is -0.455 e. The Kier molecular flexibility index (Phi) is 6.48. The number of aromatic nitrogens is 4. The molecule has 0 aliphatic heterocycles. The highest BCUT2D eigenvalue weighted by Gasteiger charge is 2.22. The third kappa shape index (κ3) is 4.64. The molecule has 0 aliphatic rings. The summed E-state index contributed by atoms with van der Waals surface area (Å²) in [5.41, 5.74) is 6.54. The summed E-state index contributed by atoms with van der Waals surface area (Å²) in [7, 11) is 0. The Hall–Kier alpha value is -7.24. The van der Waals surface area contributed by atoms with Gasteiger partial charge >= 0.3 is 0 Å². The number of benzene rings is 8. The Morgan fingerprint density at radius 3 is 1.98 bits per heavy atom. The maximum Gasteiger partial charge on any atom is 0.165 e. The van der Waals surface area contributed by atoms with E-state index in [1.807, 2.05) is 42.7 Å². The number of hydrogen-bond acceptors (Lipinski definition) is 5. The lowest BCUT2D eigenvalue weighted by molar-refractivity contribution is 0.672. The molecule has 0 spiro atoms. The highest BCUT2D eigenvalue weighted by atomic mass is 16.3. The van der Waals surface area contributed by atoms with Crippen LogP contribution in [-0.2, 0) is 0 Å². The van der Waals surface area contributed by atoms with Crippen LogP contribution in [0.4, 0.5) is 0 Å². The van der Waals surface area contributed by atoms with Gasteiger partial charge in [-0.3, -0.25) is 4.98 Å². The standard InChI is InChI=1S/C48H28N4O/c1-2-12-31(13-3-1)46-50-47(40-27-32-14-5-6-15-33(32)35-17-8-9-18-36(35)40)52-48(51-46)44-34-16-7-4-11-29(34)21-23-38(44)37-19-10-20-42-43(37)39-24-22-30-25-26-49-28-41(30)45(39)53-42/h1-28H. The first-order valence-electron chi connectivity index (χ1n) is 17.7. The first-order chi connectivity index (χ1) is 26.3. The van der Waals surface area contributed by atoms with Crippen LogP contribution in [0.2, 0.25) is 0 Å². The first-order valence-corrected chi connectivity index (χ1v) is 17.7. The molecule has 0 amide bonds. The summed E-state index contributed by atoms with van der Waals surface area (Å²) >= 11 is 0. The molecule has 11 rings (SSSR count). The van der Waals surface area contributed by atoms with Crippen molar-refractivity contribution < 1.29 is 4.42 Å². The summed E-state index contributed by atoms with van der Waals surface area (Å²) in [6.45, 7) is 0. The van der Waals surface area contributed by atoms with Crippen LogP contribution in [0.15, 0.2) is 175 Å². The Bertz CT molecular complexity index is 3240. The summed E-state index contributed by atoms with van der Waals surface area (Å²) in [5, 5.41) is 10.9. The van der Waals surface area contributed by atoms with Crippen molar-refractivity contribution in [1.82, 2.24) is 19.9 Å². The molecular weight excluding hydrogens is 649 g/mol. The van der Waals surface area contributed by atoms with Gasteiger partial charge < -0.3 is 4.42 Å². The third-order valence-electron chi connectivity index (χ3n) is 10.4. The van der Waals surface area contributed by atoms with Crippen molar-refractivity contribution in [3.63, 3.8) is 0 Å². The second-order valence-corrected chi connectivity index (χ2v) is 13.4. The highest BCUT2D eigenvalue weighted by Crippen LogP contribution is 2.44. The molecule has 0 unspecified atom stereocenters. The number of furan rings is 1. The Balaban J connectivity index is 1.25. The molecule has 0 N–H and O–H groups in total. The van der Waals surface area contributed by atoms with Gasteiger partial charge in [0.1, 0.15) is 11.2 Å². The van der Waals surface area contributed by atoms with Crippen molar-refractivity contribution in [2.45, 2.75) is 0 Å². The van der Waals surface area contributed by atoms with E-state index in [-0.39, 0.29) is 0 Å². The van der Waals surface area contributed by atoms with Crippen LogP contribution < -0.4 is 0 Å². The SMILES string of the molecule is c1ccc(-c2nc(-c3c(-c4cccc5oc6c7cnccc7ccc6c45)ccc4ccccc34)nc(-c3cc4ccccc4c4ccccc34)n2)cc1. The summed E-state index contributed by atoms with van der Waals surface area (Å²) in [6, 6.07) is 54.9. The summed E-state index contributed by atoms with van der Waals surface area (Å²) in [4.78, 5) is 20.3. The average Bonchev–Trinajstić information content (AvgIpc) is 3.63. The first kappa shape index (κ1) is 29.5. The van der Waals surface area contributed by atoms with Crippen molar-refractivity contribution in [3.8, 4) is 45.3 Å². The smallest absolute Gasteiger partial charge is 0.165 e. The maximum atomic E-state index is 6.61. The summed E-state index contributed by atoms with van der Waals surface area (Å²) in [6.07, 6.45) is 3.70. The number of nitrogens with zero attached hydrogens (tertiary/aromatic N) is 4. The molecule has 11 aromatic rings. The van der Waals surface area contributed by atoms with E-state index < -0.39 is 0 Å². The van der Waals surface area contributed by atoms with Gasteiger partial charge in [0.15, 0.2) is 17.5 Å². The van der Waals surface area contributed by atoms with E-state index in [1.54, 1.807) is 0 Å². The molecule has 3 aromatic heterocycles. The third-order valence-corrected chi connectivity index (χ3v) is 10.4. The van der Waals surface area contributed by atoms with Gasteiger partial charge in [-0.2, -0.15) is 0 Å². The minimum absolute atomic E-state index is 0.609. The van der Waals surface area contributed by atoms with E-state index >= 15 is 0 Å². The largest absolute Gasteiger partial charge is 0.455 e. The summed E-state index contributed by atoms with van der Waals surface area (Å²) in [5.74, 6) is 1.85. The van der Waals surface area contributed by atoms with Gasteiger partial charge in [-0.25, -0.2) is 15.0 Å². The topological polar surface area (TPSA) is 64.7 Å². The monoisotopic (exact) mass is 676 g/mol. The average molecular weight is 677 g/mol. The molecule has 246 valence electrons. The van der Waals surface area contributed by atoms with E-state index in [0.717, 1.165) is 87.5 Å². The van der Waals surface area contributed by atoms with Gasteiger partial charge in [-0.15, -0.1) is 0 Å². The fourth-order valence-electron chi connectivity index (χ4n) is 7.97. The maximum absolute atomic E-state index is 6.61. The quantitative estimate of drug-likeness (QED) is 0.174.